The van der Waals surface area contributed by atoms with Crippen molar-refractivity contribution >= 4 is 6.01 Å². The number of hydrogen-bond acceptors (Lipinski definition) is 5. The molecule has 0 spiro atoms. The molecule has 0 unspecified atom stereocenters. The summed E-state index contributed by atoms with van der Waals surface area (Å²) in [4.78, 5) is 3.96. The lowest BCUT2D eigenvalue weighted by atomic mass is 9.54. The Morgan fingerprint density at radius 3 is 2.18 bits per heavy atom. The second-order valence-electron chi connectivity index (χ2n) is 6.12. The van der Waals surface area contributed by atoms with E-state index < -0.39 is 0 Å². The number of ether oxygens (including phenoxy) is 1. The van der Waals surface area contributed by atoms with E-state index in [-0.39, 0.29) is 11.6 Å². The lowest BCUT2D eigenvalue weighted by Crippen LogP contribution is -2.53. The minimum atomic E-state index is -0.0228. The summed E-state index contributed by atoms with van der Waals surface area (Å²) >= 11 is 0. The highest BCUT2D eigenvalue weighted by atomic mass is 16.6. The van der Waals surface area contributed by atoms with Crippen LogP contribution in [0.3, 0.4) is 0 Å². The molecule has 4 aliphatic rings. The molecule has 5 heteroatoms. The average Bonchev–Trinajstić information content (AvgIpc) is 2.60. The summed E-state index contributed by atoms with van der Waals surface area (Å²) in [7, 11) is 0. The fraction of sp³-hybridized carbons (Fsp3) is 0.833. The van der Waals surface area contributed by atoms with E-state index in [0.717, 1.165) is 37.0 Å². The molecular weight excluding hydrogens is 218 g/mol. The van der Waals surface area contributed by atoms with Crippen LogP contribution in [0.15, 0.2) is 4.52 Å². The van der Waals surface area contributed by atoms with Gasteiger partial charge in [0.25, 0.3) is 0 Å². The van der Waals surface area contributed by atoms with E-state index in [1.807, 2.05) is 0 Å². The zero-order valence-corrected chi connectivity index (χ0v) is 9.76. The Labute approximate surface area is 99.7 Å². The maximum atomic E-state index is 6.04. The van der Waals surface area contributed by atoms with Gasteiger partial charge in [0.05, 0.1) is 0 Å². The van der Waals surface area contributed by atoms with Gasteiger partial charge in [-0.25, -0.2) is 0 Å². The van der Waals surface area contributed by atoms with Crippen LogP contribution in [-0.4, -0.2) is 15.7 Å². The monoisotopic (exact) mass is 235 g/mol. The van der Waals surface area contributed by atoms with Crippen LogP contribution in [0.5, 0.6) is 6.01 Å². The van der Waals surface area contributed by atoms with Gasteiger partial charge in [0.1, 0.15) is 5.60 Å². The van der Waals surface area contributed by atoms with Crippen molar-refractivity contribution in [2.75, 3.05) is 5.73 Å². The quantitative estimate of drug-likeness (QED) is 0.848. The van der Waals surface area contributed by atoms with E-state index in [1.165, 1.54) is 19.3 Å². The number of aromatic nitrogens is 2. The summed E-state index contributed by atoms with van der Waals surface area (Å²) in [5.41, 5.74) is 5.40. The molecule has 5 nitrogen and oxygen atoms in total. The minimum absolute atomic E-state index is 0.0228. The van der Waals surface area contributed by atoms with Crippen molar-refractivity contribution < 1.29 is 9.26 Å². The zero-order valence-electron chi connectivity index (χ0n) is 9.76. The molecule has 1 heterocycles. The number of hydrogen-bond donors (Lipinski definition) is 1. The number of rotatable bonds is 2. The Kier molecular flexibility index (Phi) is 1.80. The molecule has 2 N–H and O–H groups in total. The first-order valence-corrected chi connectivity index (χ1v) is 6.49. The highest BCUT2D eigenvalue weighted by molar-refractivity contribution is 5.12. The molecule has 17 heavy (non-hydrogen) atoms. The van der Waals surface area contributed by atoms with Crippen LogP contribution in [-0.2, 0) is 0 Å². The topological polar surface area (TPSA) is 74.2 Å². The largest absolute Gasteiger partial charge is 0.455 e. The lowest BCUT2D eigenvalue weighted by Gasteiger charge is -2.55. The van der Waals surface area contributed by atoms with E-state index in [0.29, 0.717) is 6.01 Å². The molecule has 5 rings (SSSR count). The molecule has 4 bridgehead atoms. The SMILES string of the molecule is Nc1nc(OC23CC4CC(CC(C4)C2)C3)no1. The van der Waals surface area contributed by atoms with E-state index >= 15 is 0 Å². The molecule has 4 aliphatic carbocycles. The van der Waals surface area contributed by atoms with Gasteiger partial charge >= 0.3 is 12.0 Å². The van der Waals surface area contributed by atoms with Crippen molar-refractivity contribution in [3.8, 4) is 6.01 Å². The normalized spacial score (nSPS) is 42.9. The second kappa shape index (κ2) is 3.15. The molecular formula is C12H17N3O2. The molecule has 1 aromatic heterocycles. The Morgan fingerprint density at radius 2 is 1.71 bits per heavy atom. The van der Waals surface area contributed by atoms with Crippen LogP contribution in [0.2, 0.25) is 0 Å². The Balaban J connectivity index is 1.60. The van der Waals surface area contributed by atoms with Gasteiger partial charge in [0.2, 0.25) is 0 Å². The number of nitrogen functional groups attached to an aromatic ring is 1. The minimum Gasteiger partial charge on any atom is -0.455 e. The van der Waals surface area contributed by atoms with Crippen molar-refractivity contribution in [2.45, 2.75) is 44.1 Å². The summed E-state index contributed by atoms with van der Waals surface area (Å²) < 4.78 is 10.8. The highest BCUT2D eigenvalue weighted by Gasteiger charge is 2.53. The molecule has 1 aromatic rings. The third-order valence-electron chi connectivity index (χ3n) is 4.71. The summed E-state index contributed by atoms with van der Waals surface area (Å²) in [5, 5.41) is 3.76. The molecule has 0 aromatic carbocycles. The van der Waals surface area contributed by atoms with E-state index in [1.54, 1.807) is 0 Å². The van der Waals surface area contributed by atoms with Gasteiger partial charge in [-0.05, 0) is 61.4 Å². The third kappa shape index (κ3) is 1.51. The molecule has 4 fully saturated rings. The van der Waals surface area contributed by atoms with Crippen LogP contribution in [0.1, 0.15) is 38.5 Å². The Hall–Kier alpha value is -1.26. The van der Waals surface area contributed by atoms with Crippen LogP contribution in [0.25, 0.3) is 0 Å². The van der Waals surface area contributed by atoms with E-state index in [2.05, 4.69) is 10.1 Å². The van der Waals surface area contributed by atoms with Gasteiger partial charge in [-0.1, -0.05) is 0 Å². The second-order valence-corrected chi connectivity index (χ2v) is 6.12. The fourth-order valence-electron chi connectivity index (χ4n) is 4.61. The van der Waals surface area contributed by atoms with Crippen LogP contribution in [0.4, 0.5) is 6.01 Å². The number of anilines is 1. The van der Waals surface area contributed by atoms with Gasteiger partial charge in [0, 0.05) is 0 Å². The molecule has 0 atom stereocenters. The van der Waals surface area contributed by atoms with Crippen molar-refractivity contribution in [3.63, 3.8) is 0 Å². The van der Waals surface area contributed by atoms with Crippen LogP contribution >= 0.6 is 0 Å². The fourth-order valence-corrected chi connectivity index (χ4v) is 4.61. The number of nitrogens with two attached hydrogens (primary N) is 1. The molecule has 0 radical (unpaired) electrons. The Bertz CT molecular complexity index is 407. The highest BCUT2D eigenvalue weighted by Crippen LogP contribution is 2.56. The molecule has 92 valence electrons. The first kappa shape index (κ1) is 9.74. The molecule has 0 amide bonds. The van der Waals surface area contributed by atoms with Crippen molar-refractivity contribution in [1.82, 2.24) is 10.1 Å². The zero-order chi connectivity index (χ0) is 11.5. The predicted molar refractivity (Wildman–Crippen MR) is 60.2 cm³/mol. The molecule has 4 saturated carbocycles. The average molecular weight is 235 g/mol. The van der Waals surface area contributed by atoms with Gasteiger partial charge in [-0.15, -0.1) is 4.98 Å². The summed E-state index contributed by atoms with van der Waals surface area (Å²) in [6.45, 7) is 0. The maximum Gasteiger partial charge on any atom is 0.356 e. The Morgan fingerprint density at radius 1 is 1.12 bits per heavy atom. The lowest BCUT2D eigenvalue weighted by molar-refractivity contribution is -0.112. The summed E-state index contributed by atoms with van der Waals surface area (Å²) in [6, 6.07) is 0.411. The van der Waals surface area contributed by atoms with Crippen molar-refractivity contribution in [3.05, 3.63) is 0 Å². The molecule has 0 aliphatic heterocycles. The third-order valence-corrected chi connectivity index (χ3v) is 4.71. The first-order valence-electron chi connectivity index (χ1n) is 6.49. The first-order chi connectivity index (χ1) is 8.21. The van der Waals surface area contributed by atoms with Crippen molar-refractivity contribution in [1.29, 1.82) is 0 Å². The maximum absolute atomic E-state index is 6.04. The smallest absolute Gasteiger partial charge is 0.356 e. The van der Waals surface area contributed by atoms with Gasteiger partial charge < -0.3 is 15.0 Å². The van der Waals surface area contributed by atoms with Crippen LogP contribution in [0, 0.1) is 17.8 Å². The number of nitrogens with zero attached hydrogens (tertiary/aromatic N) is 2. The van der Waals surface area contributed by atoms with Gasteiger partial charge in [-0.2, -0.15) is 0 Å². The molecule has 0 saturated heterocycles. The standard InChI is InChI=1S/C12H17N3O2/c13-10-14-11(15-17-10)16-12-4-7-1-8(5-12)3-9(2-7)6-12/h7-9H,1-6H2,(H2,13,14,15). The summed E-state index contributed by atoms with van der Waals surface area (Å²) in [6.07, 6.45) is 7.68. The van der Waals surface area contributed by atoms with Crippen LogP contribution < -0.4 is 10.5 Å². The van der Waals surface area contributed by atoms with Crippen molar-refractivity contribution in [2.24, 2.45) is 17.8 Å². The van der Waals surface area contributed by atoms with E-state index in [9.17, 15) is 0 Å². The summed E-state index contributed by atoms with van der Waals surface area (Å²) in [5.74, 6) is 2.56. The van der Waals surface area contributed by atoms with Gasteiger partial charge in [-0.3, -0.25) is 0 Å². The van der Waals surface area contributed by atoms with Gasteiger partial charge in [0.15, 0.2) is 0 Å². The van der Waals surface area contributed by atoms with E-state index in [4.69, 9.17) is 15.0 Å². The predicted octanol–water partition coefficient (Wildman–Crippen LogP) is 2.00.